The summed E-state index contributed by atoms with van der Waals surface area (Å²) in [6.07, 6.45) is 3.42. The van der Waals surface area contributed by atoms with Crippen molar-refractivity contribution in [3.63, 3.8) is 0 Å². The lowest BCUT2D eigenvalue weighted by molar-refractivity contribution is 0.102. The molecule has 0 saturated carbocycles. The van der Waals surface area contributed by atoms with Gasteiger partial charge in [0.1, 0.15) is 0 Å². The maximum atomic E-state index is 12.9. The molecule has 1 atom stereocenters. The number of rotatable bonds is 5. The van der Waals surface area contributed by atoms with E-state index in [9.17, 15) is 4.79 Å². The molecule has 0 spiro atoms. The van der Waals surface area contributed by atoms with Crippen molar-refractivity contribution >= 4 is 28.2 Å². The van der Waals surface area contributed by atoms with Gasteiger partial charge in [0.2, 0.25) is 0 Å². The summed E-state index contributed by atoms with van der Waals surface area (Å²) >= 11 is 0. The zero-order valence-electron chi connectivity index (χ0n) is 17.9. The van der Waals surface area contributed by atoms with Gasteiger partial charge in [-0.2, -0.15) is 0 Å². The molecular weight excluding hydrogens is 358 g/mol. The molecule has 4 nitrogen and oxygen atoms in total. The maximum absolute atomic E-state index is 12.9. The second-order valence-corrected chi connectivity index (χ2v) is 8.57. The molecule has 152 valence electrons. The first kappa shape index (κ1) is 19.6. The fraction of sp³-hybridized carbons (Fsp3) is 0.400. The fourth-order valence-electron chi connectivity index (χ4n) is 4.52. The van der Waals surface area contributed by atoms with Crippen LogP contribution in [-0.4, -0.2) is 23.5 Å². The minimum absolute atomic E-state index is 0.0605. The van der Waals surface area contributed by atoms with Gasteiger partial charge in [0, 0.05) is 46.1 Å². The van der Waals surface area contributed by atoms with Crippen LogP contribution in [0.1, 0.15) is 55.7 Å². The predicted molar refractivity (Wildman–Crippen MR) is 122 cm³/mol. The van der Waals surface area contributed by atoms with E-state index in [1.807, 2.05) is 30.3 Å². The number of aromatic amines is 1. The molecule has 29 heavy (non-hydrogen) atoms. The summed E-state index contributed by atoms with van der Waals surface area (Å²) in [5, 5.41) is 4.25. The minimum atomic E-state index is -0.0605. The maximum Gasteiger partial charge on any atom is 0.255 e. The topological polar surface area (TPSA) is 48.1 Å². The first-order chi connectivity index (χ1) is 14.0. The van der Waals surface area contributed by atoms with Gasteiger partial charge < -0.3 is 15.2 Å². The van der Waals surface area contributed by atoms with Crippen LogP contribution in [0.4, 0.5) is 11.4 Å². The fourth-order valence-corrected chi connectivity index (χ4v) is 4.52. The summed E-state index contributed by atoms with van der Waals surface area (Å²) in [6.45, 7) is 9.81. The highest BCUT2D eigenvalue weighted by Crippen LogP contribution is 2.32. The van der Waals surface area contributed by atoms with Crippen LogP contribution in [0.2, 0.25) is 0 Å². The molecule has 4 heteroatoms. The Morgan fingerprint density at radius 1 is 1.21 bits per heavy atom. The first-order valence-electron chi connectivity index (χ1n) is 10.8. The molecule has 2 N–H and O–H groups in total. The molecule has 4 rings (SSSR count). The molecule has 2 aromatic carbocycles. The molecule has 0 fully saturated rings. The van der Waals surface area contributed by atoms with E-state index in [0.717, 1.165) is 30.6 Å². The van der Waals surface area contributed by atoms with E-state index in [1.165, 1.54) is 28.8 Å². The normalized spacial score (nSPS) is 16.1. The molecule has 1 unspecified atom stereocenters. The number of amides is 1. The number of aryl methyl sites for hydroxylation is 1. The van der Waals surface area contributed by atoms with E-state index in [4.69, 9.17) is 0 Å². The smallest absolute Gasteiger partial charge is 0.255 e. The lowest BCUT2D eigenvalue weighted by Crippen LogP contribution is -2.30. The number of H-pyrrole nitrogens is 1. The Bertz CT molecular complexity index is 1020. The molecule has 1 amide bonds. The van der Waals surface area contributed by atoms with Crippen LogP contribution in [0, 0.1) is 5.92 Å². The Labute approximate surface area is 173 Å². The molecule has 3 aromatic rings. The van der Waals surface area contributed by atoms with E-state index >= 15 is 0 Å². The van der Waals surface area contributed by atoms with Crippen molar-refractivity contribution in [2.45, 2.75) is 53.0 Å². The van der Waals surface area contributed by atoms with Crippen molar-refractivity contribution in [2.75, 3.05) is 16.8 Å². The number of nitrogens with one attached hydrogen (secondary N) is 2. The lowest BCUT2D eigenvalue weighted by Gasteiger charge is -2.27. The van der Waals surface area contributed by atoms with E-state index in [2.05, 4.69) is 55.0 Å². The number of carbonyl (C=O) groups excluding carboxylic acids is 1. The van der Waals surface area contributed by atoms with Gasteiger partial charge in [-0.25, -0.2) is 0 Å². The van der Waals surface area contributed by atoms with Crippen molar-refractivity contribution in [2.24, 2.45) is 5.92 Å². The Kier molecular flexibility index (Phi) is 5.35. The largest absolute Gasteiger partial charge is 0.369 e. The summed E-state index contributed by atoms with van der Waals surface area (Å²) < 4.78 is 0. The molecule has 1 aliphatic carbocycles. The molecule has 0 saturated heterocycles. The predicted octanol–water partition coefficient (Wildman–Crippen LogP) is 5.78. The molecule has 1 aliphatic rings. The van der Waals surface area contributed by atoms with Gasteiger partial charge in [0.15, 0.2) is 0 Å². The molecule has 0 aliphatic heterocycles. The second-order valence-electron chi connectivity index (χ2n) is 8.57. The summed E-state index contributed by atoms with van der Waals surface area (Å²) in [7, 11) is 0. The first-order valence-corrected chi connectivity index (χ1v) is 10.8. The third-order valence-electron chi connectivity index (χ3n) is 6.12. The van der Waals surface area contributed by atoms with Gasteiger partial charge in [0.05, 0.1) is 0 Å². The zero-order valence-corrected chi connectivity index (χ0v) is 17.9. The van der Waals surface area contributed by atoms with Crippen molar-refractivity contribution in [3.8, 4) is 0 Å². The van der Waals surface area contributed by atoms with Gasteiger partial charge >= 0.3 is 0 Å². The molecule has 1 aromatic heterocycles. The number of hydrogen-bond acceptors (Lipinski definition) is 2. The number of anilines is 2. The average molecular weight is 390 g/mol. The van der Waals surface area contributed by atoms with Gasteiger partial charge in [-0.05, 0) is 94.0 Å². The van der Waals surface area contributed by atoms with Gasteiger partial charge in [-0.15, -0.1) is 0 Å². The van der Waals surface area contributed by atoms with E-state index in [0.29, 0.717) is 17.5 Å². The van der Waals surface area contributed by atoms with Crippen molar-refractivity contribution in [1.29, 1.82) is 0 Å². The molecule has 0 bridgehead atoms. The second kappa shape index (κ2) is 7.94. The highest BCUT2D eigenvalue weighted by atomic mass is 16.1. The Morgan fingerprint density at radius 2 is 1.97 bits per heavy atom. The summed E-state index contributed by atoms with van der Waals surface area (Å²) in [6, 6.07) is 14.6. The van der Waals surface area contributed by atoms with Crippen LogP contribution in [0.25, 0.3) is 10.9 Å². The van der Waals surface area contributed by atoms with Crippen molar-refractivity contribution in [1.82, 2.24) is 4.98 Å². The zero-order chi connectivity index (χ0) is 20.5. The molecule has 0 radical (unpaired) electrons. The lowest BCUT2D eigenvalue weighted by atomic mass is 9.87. The van der Waals surface area contributed by atoms with Gasteiger partial charge in [-0.1, -0.05) is 6.92 Å². The average Bonchev–Trinajstić information content (AvgIpc) is 3.06. The Hall–Kier alpha value is -2.75. The Morgan fingerprint density at radius 3 is 2.66 bits per heavy atom. The van der Waals surface area contributed by atoms with Crippen LogP contribution >= 0.6 is 0 Å². The summed E-state index contributed by atoms with van der Waals surface area (Å²) in [4.78, 5) is 18.7. The number of carbonyl (C=O) groups is 1. The number of hydrogen-bond donors (Lipinski definition) is 2. The van der Waals surface area contributed by atoms with Crippen LogP contribution in [-0.2, 0) is 12.8 Å². The van der Waals surface area contributed by atoms with E-state index < -0.39 is 0 Å². The number of aromatic nitrogens is 1. The monoisotopic (exact) mass is 389 g/mol. The van der Waals surface area contributed by atoms with E-state index in [1.54, 1.807) is 0 Å². The summed E-state index contributed by atoms with van der Waals surface area (Å²) in [5.74, 6) is 0.640. The van der Waals surface area contributed by atoms with Gasteiger partial charge in [-0.3, -0.25) is 4.79 Å². The number of benzene rings is 2. The minimum Gasteiger partial charge on any atom is -0.369 e. The molecular formula is C25H31N3O. The number of fused-ring (bicyclic) bond motifs is 3. The summed E-state index contributed by atoms with van der Waals surface area (Å²) in [5.41, 5.74) is 6.58. The SMILES string of the molecule is CCN(c1ccc(NC(=O)c2ccc3[nH]c4c(c3c2)CC(C)CC4)cc1)C(C)C. The standard InChI is InChI=1S/C25H31N3O/c1-5-28(16(2)3)20-10-8-19(9-11-20)26-25(29)18-7-13-24-22(15-18)21-14-17(4)6-12-23(21)27-24/h7-11,13,15-17,27H,5-6,12,14H2,1-4H3,(H,26,29). The van der Waals surface area contributed by atoms with Crippen molar-refractivity contribution in [3.05, 3.63) is 59.3 Å². The van der Waals surface area contributed by atoms with Crippen LogP contribution in [0.15, 0.2) is 42.5 Å². The van der Waals surface area contributed by atoms with Crippen LogP contribution in [0.5, 0.6) is 0 Å². The quantitative estimate of drug-likeness (QED) is 0.581. The van der Waals surface area contributed by atoms with Gasteiger partial charge in [0.25, 0.3) is 5.91 Å². The Balaban J connectivity index is 1.54. The molecule has 1 heterocycles. The number of nitrogens with zero attached hydrogens (tertiary/aromatic N) is 1. The highest BCUT2D eigenvalue weighted by Gasteiger charge is 2.20. The van der Waals surface area contributed by atoms with Crippen LogP contribution in [0.3, 0.4) is 0 Å². The van der Waals surface area contributed by atoms with E-state index in [-0.39, 0.29) is 5.91 Å². The van der Waals surface area contributed by atoms with Crippen LogP contribution < -0.4 is 10.2 Å². The third kappa shape index (κ3) is 3.89. The third-order valence-corrected chi connectivity index (χ3v) is 6.12. The highest BCUT2D eigenvalue weighted by molar-refractivity contribution is 6.06. The van der Waals surface area contributed by atoms with Crippen molar-refractivity contribution < 1.29 is 4.79 Å².